The molecule has 41 heavy (non-hydrogen) atoms. The fourth-order valence-corrected chi connectivity index (χ4v) is 6.72. The molecule has 0 bridgehead atoms. The zero-order valence-electron chi connectivity index (χ0n) is 25.2. The Kier molecular flexibility index (Phi) is 11.2. The van der Waals surface area contributed by atoms with Crippen LogP contribution >= 0.6 is 11.6 Å². The number of hydrogen-bond donors (Lipinski definition) is 4. The van der Waals surface area contributed by atoms with Gasteiger partial charge in [0.1, 0.15) is 17.5 Å². The first kappa shape index (κ1) is 31.5. The van der Waals surface area contributed by atoms with Gasteiger partial charge in [-0.25, -0.2) is 10.5 Å². The molecule has 6 N–H and O–H groups in total. The Morgan fingerprint density at radius 3 is 2.63 bits per heavy atom. The van der Waals surface area contributed by atoms with Gasteiger partial charge in [0, 0.05) is 17.6 Å². The number of amidine groups is 1. The van der Waals surface area contributed by atoms with Crippen LogP contribution in [0.5, 0.6) is 0 Å². The summed E-state index contributed by atoms with van der Waals surface area (Å²) in [6, 6.07) is 7.75. The SMILES string of the molecule is C=C(N(C(=C(N)N)C(NC(CC)C1=NCON1)c1cccc(Cl)c1)C(C)C1CCC(C)CC1)N1CCOC[C@H]1CC. The molecule has 1 aliphatic carbocycles. The maximum Gasteiger partial charge on any atom is 0.166 e. The summed E-state index contributed by atoms with van der Waals surface area (Å²) in [5.41, 5.74) is 18.1. The summed E-state index contributed by atoms with van der Waals surface area (Å²) in [7, 11) is 0. The van der Waals surface area contributed by atoms with Crippen LogP contribution in [0, 0.1) is 11.8 Å². The van der Waals surface area contributed by atoms with Crippen LogP contribution in [0.25, 0.3) is 0 Å². The molecule has 1 aromatic carbocycles. The second-order valence-electron chi connectivity index (χ2n) is 11.8. The van der Waals surface area contributed by atoms with Crippen LogP contribution < -0.4 is 22.3 Å². The number of aliphatic imine (C=N–C) groups is 1. The second kappa shape index (κ2) is 14.6. The molecule has 4 rings (SSSR count). The highest BCUT2D eigenvalue weighted by molar-refractivity contribution is 6.30. The number of rotatable bonds is 12. The van der Waals surface area contributed by atoms with E-state index in [2.05, 4.69) is 59.4 Å². The van der Waals surface area contributed by atoms with Crippen molar-refractivity contribution in [3.63, 3.8) is 0 Å². The molecule has 0 spiro atoms. The quantitative estimate of drug-likeness (QED) is 0.275. The van der Waals surface area contributed by atoms with Gasteiger partial charge >= 0.3 is 0 Å². The van der Waals surface area contributed by atoms with Crippen LogP contribution in [0.15, 0.2) is 53.2 Å². The van der Waals surface area contributed by atoms with Crippen LogP contribution in [0.2, 0.25) is 5.02 Å². The number of nitrogens with one attached hydrogen (secondary N) is 2. The maximum absolute atomic E-state index is 6.70. The zero-order valence-corrected chi connectivity index (χ0v) is 26.0. The van der Waals surface area contributed by atoms with E-state index in [1.165, 1.54) is 12.8 Å². The number of halogens is 1. The van der Waals surface area contributed by atoms with Gasteiger partial charge in [0.25, 0.3) is 0 Å². The molecule has 1 aromatic rings. The number of ether oxygens (including phenoxy) is 1. The van der Waals surface area contributed by atoms with Crippen LogP contribution in [0.3, 0.4) is 0 Å². The molecule has 2 heterocycles. The smallest absolute Gasteiger partial charge is 0.166 e. The summed E-state index contributed by atoms with van der Waals surface area (Å²) in [5.74, 6) is 3.16. The van der Waals surface area contributed by atoms with Gasteiger partial charge in [-0.05, 0) is 62.1 Å². The van der Waals surface area contributed by atoms with Crippen LogP contribution in [-0.4, -0.2) is 60.3 Å². The van der Waals surface area contributed by atoms with Crippen molar-refractivity contribution in [2.45, 2.75) is 90.4 Å². The average molecular weight is 588 g/mol. The van der Waals surface area contributed by atoms with Gasteiger partial charge in [0.2, 0.25) is 0 Å². The van der Waals surface area contributed by atoms with Gasteiger partial charge < -0.3 is 26.0 Å². The van der Waals surface area contributed by atoms with Gasteiger partial charge in [-0.1, -0.05) is 63.9 Å². The number of morpholine rings is 1. The second-order valence-corrected chi connectivity index (χ2v) is 12.2. The standard InChI is InChI=1S/C31H50ClN7O2/c1-6-26-18-40-16-15-38(26)22(5)39(21(4)23-13-11-20(3)12-14-23)29(30(33)34)28(24-9-8-10-25(32)17-24)36-27(7-2)31-35-19-41-37-31/h8-10,17,20-21,23,26-28,36H,5-7,11-16,18-19,33-34H2,1-4H3,(H,35,37)/t20?,21?,23?,26-,27?,28?/m1/s1. The predicted molar refractivity (Wildman–Crippen MR) is 166 cm³/mol. The monoisotopic (exact) mass is 587 g/mol. The first-order valence-corrected chi connectivity index (χ1v) is 15.6. The number of benzene rings is 1. The Balaban J connectivity index is 1.81. The van der Waals surface area contributed by atoms with Crippen LogP contribution in [-0.2, 0) is 9.57 Å². The third kappa shape index (κ3) is 7.49. The van der Waals surface area contributed by atoms with Gasteiger partial charge in [-0.2, -0.15) is 0 Å². The van der Waals surface area contributed by atoms with Crippen molar-refractivity contribution in [1.82, 2.24) is 20.6 Å². The number of hydroxylamine groups is 1. The van der Waals surface area contributed by atoms with E-state index in [1.807, 2.05) is 18.2 Å². The highest BCUT2D eigenvalue weighted by Gasteiger charge is 2.38. The first-order chi connectivity index (χ1) is 19.7. The van der Waals surface area contributed by atoms with E-state index >= 15 is 0 Å². The maximum atomic E-state index is 6.70. The molecule has 0 radical (unpaired) electrons. The Labute approximate surface area is 251 Å². The van der Waals surface area contributed by atoms with Crippen molar-refractivity contribution < 1.29 is 9.57 Å². The molecule has 0 aromatic heterocycles. The van der Waals surface area contributed by atoms with E-state index in [0.29, 0.717) is 24.2 Å². The van der Waals surface area contributed by atoms with Gasteiger partial charge in [-0.3, -0.25) is 10.2 Å². The minimum absolute atomic E-state index is 0.122. The molecular weight excluding hydrogens is 538 g/mol. The molecule has 3 aliphatic rings. The van der Waals surface area contributed by atoms with Crippen molar-refractivity contribution in [1.29, 1.82) is 0 Å². The summed E-state index contributed by atoms with van der Waals surface area (Å²) in [4.78, 5) is 14.6. The minimum atomic E-state index is -0.378. The van der Waals surface area contributed by atoms with E-state index in [1.54, 1.807) is 0 Å². The molecule has 4 atom stereocenters. The van der Waals surface area contributed by atoms with E-state index in [-0.39, 0.29) is 36.7 Å². The summed E-state index contributed by atoms with van der Waals surface area (Å²) >= 11 is 6.55. The number of nitrogens with two attached hydrogens (primary N) is 2. The fraction of sp³-hybridized carbons (Fsp3) is 0.645. The lowest BCUT2D eigenvalue weighted by Crippen LogP contribution is -2.53. The van der Waals surface area contributed by atoms with Crippen molar-refractivity contribution in [2.75, 3.05) is 26.5 Å². The third-order valence-corrected chi connectivity index (χ3v) is 9.29. The molecule has 1 saturated carbocycles. The first-order valence-electron chi connectivity index (χ1n) is 15.3. The summed E-state index contributed by atoms with van der Waals surface area (Å²) < 4.78 is 5.86. The average Bonchev–Trinajstić information content (AvgIpc) is 3.51. The highest BCUT2D eigenvalue weighted by Crippen LogP contribution is 2.39. The summed E-state index contributed by atoms with van der Waals surface area (Å²) in [6.45, 7) is 16.1. The van der Waals surface area contributed by atoms with Crippen molar-refractivity contribution in [3.8, 4) is 0 Å². The predicted octanol–water partition coefficient (Wildman–Crippen LogP) is 4.83. The largest absolute Gasteiger partial charge is 0.384 e. The fourth-order valence-electron chi connectivity index (χ4n) is 6.52. The van der Waals surface area contributed by atoms with Crippen molar-refractivity contribution >= 4 is 17.4 Å². The lowest BCUT2D eigenvalue weighted by Gasteiger charge is -2.49. The lowest BCUT2D eigenvalue weighted by molar-refractivity contribution is -0.0106. The number of nitrogens with zero attached hydrogens (tertiary/aromatic N) is 3. The van der Waals surface area contributed by atoms with Crippen molar-refractivity contribution in [3.05, 3.63) is 58.8 Å². The number of hydrogen-bond acceptors (Lipinski definition) is 9. The molecule has 2 aliphatic heterocycles. The van der Waals surface area contributed by atoms with E-state index in [9.17, 15) is 0 Å². The molecule has 2 fully saturated rings. The Hall–Kier alpha value is -2.46. The molecule has 9 nitrogen and oxygen atoms in total. The van der Waals surface area contributed by atoms with Gasteiger partial charge in [0.15, 0.2) is 6.73 Å². The molecular formula is C31H50ClN7O2. The molecule has 3 unspecified atom stereocenters. The molecule has 0 amide bonds. The highest BCUT2D eigenvalue weighted by atomic mass is 35.5. The van der Waals surface area contributed by atoms with Gasteiger partial charge in [-0.15, -0.1) is 0 Å². The topological polar surface area (TPSA) is 113 Å². The Morgan fingerprint density at radius 2 is 2.02 bits per heavy atom. The van der Waals surface area contributed by atoms with E-state index < -0.39 is 0 Å². The molecule has 1 saturated heterocycles. The normalized spacial score (nSPS) is 25.0. The summed E-state index contributed by atoms with van der Waals surface area (Å²) in [6.07, 6.45) is 6.51. The van der Waals surface area contributed by atoms with E-state index in [4.69, 9.17) is 39.2 Å². The Morgan fingerprint density at radius 1 is 1.27 bits per heavy atom. The molecule has 228 valence electrons. The van der Waals surface area contributed by atoms with E-state index in [0.717, 1.165) is 61.1 Å². The van der Waals surface area contributed by atoms with Crippen LogP contribution in [0.4, 0.5) is 0 Å². The van der Waals surface area contributed by atoms with Crippen LogP contribution in [0.1, 0.15) is 77.8 Å². The zero-order chi connectivity index (χ0) is 29.5. The van der Waals surface area contributed by atoms with Gasteiger partial charge in [0.05, 0.1) is 37.0 Å². The molecule has 10 heteroatoms. The summed E-state index contributed by atoms with van der Waals surface area (Å²) in [5, 5.41) is 4.47. The lowest BCUT2D eigenvalue weighted by atomic mass is 9.79. The van der Waals surface area contributed by atoms with Crippen molar-refractivity contribution in [2.24, 2.45) is 28.3 Å². The minimum Gasteiger partial charge on any atom is -0.384 e. The third-order valence-electron chi connectivity index (χ3n) is 9.05. The Bertz CT molecular complexity index is 1080.